The molecule has 0 bridgehead atoms. The lowest BCUT2D eigenvalue weighted by atomic mass is 10.0. The van der Waals surface area contributed by atoms with Crippen molar-refractivity contribution in [2.75, 3.05) is 6.61 Å². The Hall–Kier alpha value is -2.96. The van der Waals surface area contributed by atoms with Gasteiger partial charge < -0.3 is 20.3 Å². The first-order valence-electron chi connectivity index (χ1n) is 25.8. The Kier molecular flexibility index (Phi) is 46.7. The van der Waals surface area contributed by atoms with Gasteiger partial charge in [0.1, 0.15) is 6.10 Å². The van der Waals surface area contributed by atoms with Crippen LogP contribution in [0, 0.1) is 0 Å². The number of unbranched alkanes of at least 4 members (excludes halogenated alkanes) is 19. The van der Waals surface area contributed by atoms with E-state index in [9.17, 15) is 19.8 Å². The van der Waals surface area contributed by atoms with E-state index in [2.05, 4.69) is 105 Å². The zero-order chi connectivity index (χ0) is 45.2. The predicted octanol–water partition coefficient (Wildman–Crippen LogP) is 15.6. The maximum Gasteiger partial charge on any atom is 0.306 e. The first-order valence-corrected chi connectivity index (χ1v) is 25.8. The predicted molar refractivity (Wildman–Crippen MR) is 268 cm³/mol. The van der Waals surface area contributed by atoms with Crippen molar-refractivity contribution in [3.8, 4) is 0 Å². The molecule has 1 amide bonds. The molecule has 0 saturated carbocycles. The molecule has 3 unspecified atom stereocenters. The summed E-state index contributed by atoms with van der Waals surface area (Å²) >= 11 is 0. The van der Waals surface area contributed by atoms with Crippen molar-refractivity contribution in [3.05, 3.63) is 85.1 Å². The summed E-state index contributed by atoms with van der Waals surface area (Å²) < 4.78 is 5.89. The highest BCUT2D eigenvalue weighted by Gasteiger charge is 2.24. The highest BCUT2D eigenvalue weighted by atomic mass is 16.5. The molecule has 0 fully saturated rings. The highest BCUT2D eigenvalue weighted by Crippen LogP contribution is 2.17. The van der Waals surface area contributed by atoms with Crippen LogP contribution in [0.4, 0.5) is 0 Å². The quantitative estimate of drug-likeness (QED) is 0.0322. The van der Waals surface area contributed by atoms with Crippen molar-refractivity contribution in [1.29, 1.82) is 0 Å². The number of hydrogen-bond acceptors (Lipinski definition) is 5. The van der Waals surface area contributed by atoms with Gasteiger partial charge in [-0.05, 0) is 89.9 Å². The number of aliphatic hydroxyl groups is 2. The number of ether oxygens (including phenoxy) is 1. The molecule has 0 aromatic rings. The average Bonchev–Trinajstić information content (AvgIpc) is 3.26. The van der Waals surface area contributed by atoms with Gasteiger partial charge in [0.15, 0.2) is 0 Å². The Labute approximate surface area is 383 Å². The fourth-order valence-electron chi connectivity index (χ4n) is 7.33. The molecule has 0 heterocycles. The lowest BCUT2D eigenvalue weighted by molar-refractivity contribution is -0.150. The summed E-state index contributed by atoms with van der Waals surface area (Å²) in [5, 5.41) is 23.7. The van der Waals surface area contributed by atoms with E-state index in [1.807, 2.05) is 6.08 Å². The molecule has 0 aliphatic rings. The normalized spacial score (nSPS) is 14.0. The van der Waals surface area contributed by atoms with Crippen molar-refractivity contribution in [3.63, 3.8) is 0 Å². The second-order valence-corrected chi connectivity index (χ2v) is 17.2. The maximum atomic E-state index is 13.2. The Morgan fingerprint density at radius 3 is 1.35 bits per heavy atom. The molecule has 0 radical (unpaired) electrons. The van der Waals surface area contributed by atoms with Crippen LogP contribution >= 0.6 is 0 Å². The van der Waals surface area contributed by atoms with Crippen molar-refractivity contribution in [2.45, 2.75) is 251 Å². The van der Waals surface area contributed by atoms with Crippen LogP contribution in [0.25, 0.3) is 0 Å². The maximum absolute atomic E-state index is 13.2. The average molecular weight is 864 g/mol. The fraction of sp³-hybridized carbons (Fsp3) is 0.714. The Morgan fingerprint density at radius 2 is 0.871 bits per heavy atom. The van der Waals surface area contributed by atoms with Gasteiger partial charge >= 0.3 is 5.97 Å². The van der Waals surface area contributed by atoms with E-state index in [4.69, 9.17) is 4.74 Å². The topological polar surface area (TPSA) is 95.9 Å². The molecule has 0 spiro atoms. The summed E-state index contributed by atoms with van der Waals surface area (Å²) in [6, 6.07) is -0.722. The Morgan fingerprint density at radius 1 is 0.484 bits per heavy atom. The molecule has 0 aliphatic carbocycles. The number of carbonyl (C=O) groups is 2. The second kappa shape index (κ2) is 49.1. The third-order valence-corrected chi connectivity index (χ3v) is 11.2. The van der Waals surface area contributed by atoms with Crippen molar-refractivity contribution in [2.24, 2.45) is 0 Å². The number of rotatable bonds is 45. The number of esters is 1. The molecule has 0 saturated heterocycles. The summed E-state index contributed by atoms with van der Waals surface area (Å²) in [4.78, 5) is 26.1. The van der Waals surface area contributed by atoms with Crippen molar-refractivity contribution >= 4 is 11.9 Å². The summed E-state index contributed by atoms with van der Waals surface area (Å²) in [5.74, 6) is -0.584. The van der Waals surface area contributed by atoms with Crippen LogP contribution in [-0.4, -0.2) is 46.9 Å². The van der Waals surface area contributed by atoms with E-state index in [0.717, 1.165) is 83.5 Å². The summed E-state index contributed by atoms with van der Waals surface area (Å²) in [6.07, 6.45) is 63.6. The van der Waals surface area contributed by atoms with Crippen molar-refractivity contribution < 1.29 is 24.5 Å². The van der Waals surface area contributed by atoms with Gasteiger partial charge in [0, 0.05) is 6.42 Å². The summed E-state index contributed by atoms with van der Waals surface area (Å²) in [7, 11) is 0. The zero-order valence-corrected chi connectivity index (χ0v) is 40.5. The minimum absolute atomic E-state index is 0.0387. The molecule has 3 N–H and O–H groups in total. The van der Waals surface area contributed by atoms with Gasteiger partial charge in [0.2, 0.25) is 5.91 Å². The minimum atomic E-state index is -0.805. The van der Waals surface area contributed by atoms with E-state index in [-0.39, 0.29) is 31.3 Å². The zero-order valence-electron chi connectivity index (χ0n) is 40.5. The van der Waals surface area contributed by atoms with Gasteiger partial charge in [-0.15, -0.1) is 0 Å². The van der Waals surface area contributed by atoms with Gasteiger partial charge in [-0.1, -0.05) is 215 Å². The summed E-state index contributed by atoms with van der Waals surface area (Å²) in [6.45, 7) is 6.31. The Balaban J connectivity index is 4.73. The standard InChI is InChI=1S/C56H97NO5/c1-4-7-10-13-16-19-22-24-26-28-29-31-33-35-38-41-44-47-52(50-55(60)57-53(51-58)54(59)48-45-42-39-36-21-18-15-12-9-6-3)62-56(61)49-46-43-40-37-34-32-30-27-25-23-20-17-14-11-8-5-2/h8,11,16-17,19-20,24-27,32,34,40,43,52-54,58-59H,4-7,9-10,12-15,18,21-23,28-31,33,35-39,41-42,44-51H2,1-3H3,(H,57,60)/b11-8+,19-16-,20-17+,26-24-,27-25+,34-32+,43-40+. The van der Waals surface area contributed by atoms with E-state index >= 15 is 0 Å². The molecular weight excluding hydrogens is 767 g/mol. The fourth-order valence-corrected chi connectivity index (χ4v) is 7.33. The molecular formula is C56H97NO5. The van der Waals surface area contributed by atoms with Crippen LogP contribution in [0.15, 0.2) is 85.1 Å². The first kappa shape index (κ1) is 59.0. The minimum Gasteiger partial charge on any atom is -0.462 e. The molecule has 6 heteroatoms. The molecule has 3 atom stereocenters. The number of nitrogens with one attached hydrogen (secondary N) is 1. The van der Waals surface area contributed by atoms with Gasteiger partial charge in [-0.3, -0.25) is 9.59 Å². The number of aliphatic hydroxyl groups excluding tert-OH is 2. The van der Waals surface area contributed by atoms with Gasteiger partial charge in [-0.2, -0.15) is 0 Å². The molecule has 0 aliphatic heterocycles. The highest BCUT2D eigenvalue weighted by molar-refractivity contribution is 5.77. The largest absolute Gasteiger partial charge is 0.462 e. The third-order valence-electron chi connectivity index (χ3n) is 11.2. The van der Waals surface area contributed by atoms with Crippen LogP contribution in [-0.2, 0) is 14.3 Å². The van der Waals surface area contributed by atoms with E-state index < -0.39 is 18.2 Å². The first-order chi connectivity index (χ1) is 30.5. The van der Waals surface area contributed by atoms with Crippen LogP contribution < -0.4 is 5.32 Å². The van der Waals surface area contributed by atoms with Crippen LogP contribution in [0.1, 0.15) is 233 Å². The van der Waals surface area contributed by atoms with Crippen LogP contribution in [0.5, 0.6) is 0 Å². The van der Waals surface area contributed by atoms with Gasteiger partial charge in [-0.25, -0.2) is 0 Å². The van der Waals surface area contributed by atoms with Crippen molar-refractivity contribution in [1.82, 2.24) is 5.32 Å². The Bertz CT molecular complexity index is 1200. The van der Waals surface area contributed by atoms with E-state index in [0.29, 0.717) is 19.3 Å². The monoisotopic (exact) mass is 864 g/mol. The van der Waals surface area contributed by atoms with Crippen LogP contribution in [0.3, 0.4) is 0 Å². The number of amides is 1. The SMILES string of the molecule is CC/C=C/C/C=C/C/C=C/C/C=C/C/C=C/CCC(=O)OC(CCCCCCCCC/C=C\C/C=C\CCCCC)CC(=O)NC(CO)C(O)CCCCCCCCCCCC. The van der Waals surface area contributed by atoms with Gasteiger partial charge in [0.25, 0.3) is 0 Å². The molecule has 356 valence electrons. The number of allylic oxidation sites excluding steroid dienone is 14. The smallest absolute Gasteiger partial charge is 0.306 e. The third kappa shape index (κ3) is 43.7. The lowest BCUT2D eigenvalue weighted by Gasteiger charge is -2.24. The van der Waals surface area contributed by atoms with E-state index in [1.165, 1.54) is 96.3 Å². The second-order valence-electron chi connectivity index (χ2n) is 17.2. The lowest BCUT2D eigenvalue weighted by Crippen LogP contribution is -2.46. The van der Waals surface area contributed by atoms with Crippen LogP contribution in [0.2, 0.25) is 0 Å². The molecule has 0 aromatic heterocycles. The summed E-state index contributed by atoms with van der Waals surface area (Å²) in [5.41, 5.74) is 0. The molecule has 62 heavy (non-hydrogen) atoms. The van der Waals surface area contributed by atoms with E-state index in [1.54, 1.807) is 0 Å². The van der Waals surface area contributed by atoms with Gasteiger partial charge in [0.05, 0.1) is 25.2 Å². The number of hydrogen-bond donors (Lipinski definition) is 3. The molecule has 6 nitrogen and oxygen atoms in total. The number of carbonyl (C=O) groups excluding carboxylic acids is 2. The molecule has 0 rings (SSSR count). The molecule has 0 aromatic carbocycles.